The normalized spacial score (nSPS) is 10.2. The fourth-order valence-corrected chi connectivity index (χ4v) is 1.11. The summed E-state index contributed by atoms with van der Waals surface area (Å²) in [5.74, 6) is -2.13. The van der Waals surface area contributed by atoms with Crippen LogP contribution in [0.1, 0.15) is 0 Å². The van der Waals surface area contributed by atoms with Gasteiger partial charge in [-0.15, -0.1) is 0 Å². The van der Waals surface area contributed by atoms with Crippen LogP contribution in [0.15, 0.2) is 38.0 Å². The molecule has 6 heteroatoms. The predicted octanol–water partition coefficient (Wildman–Crippen LogP) is 0.179. The molecule has 0 aromatic heterocycles. The molecule has 0 atom stereocenters. The summed E-state index contributed by atoms with van der Waals surface area (Å²) in [5, 5.41) is 9.35. The van der Waals surface area contributed by atoms with Crippen LogP contribution in [0.5, 0.6) is 0 Å². The van der Waals surface area contributed by atoms with E-state index >= 15 is 0 Å². The number of carbonyl (C=O) groups is 3. The fraction of sp³-hybridized carbons (Fsp3) is 0.308. The SMILES string of the molecule is C=CC(=O)OCC(CO)(COC(=O)C=C)C(=O)C=C. The van der Waals surface area contributed by atoms with E-state index in [0.717, 1.165) is 18.2 Å². The Labute approximate surface area is 111 Å². The Bertz CT molecular complexity index is 372. The lowest BCUT2D eigenvalue weighted by Gasteiger charge is -2.27. The van der Waals surface area contributed by atoms with Crippen LogP contribution in [-0.4, -0.2) is 42.6 Å². The van der Waals surface area contributed by atoms with Crippen molar-refractivity contribution >= 4 is 17.7 Å². The van der Waals surface area contributed by atoms with Gasteiger partial charge in [-0.05, 0) is 6.08 Å². The first-order chi connectivity index (χ1) is 8.95. The topological polar surface area (TPSA) is 89.9 Å². The summed E-state index contributed by atoms with van der Waals surface area (Å²) in [6.07, 6.45) is 2.78. The lowest BCUT2D eigenvalue weighted by Crippen LogP contribution is -2.43. The number of ketones is 1. The number of ether oxygens (including phenoxy) is 2. The van der Waals surface area contributed by atoms with Crippen molar-refractivity contribution in [2.45, 2.75) is 0 Å². The van der Waals surface area contributed by atoms with Crippen LogP contribution in [0.3, 0.4) is 0 Å². The summed E-state index contributed by atoms with van der Waals surface area (Å²) in [6, 6.07) is 0. The van der Waals surface area contributed by atoms with Gasteiger partial charge in [-0.2, -0.15) is 0 Å². The fourth-order valence-electron chi connectivity index (χ4n) is 1.11. The summed E-state index contributed by atoms with van der Waals surface area (Å²) in [4.78, 5) is 33.7. The van der Waals surface area contributed by atoms with Gasteiger partial charge < -0.3 is 14.6 Å². The summed E-state index contributed by atoms with van der Waals surface area (Å²) < 4.78 is 9.47. The van der Waals surface area contributed by atoms with Crippen molar-refractivity contribution in [2.24, 2.45) is 5.41 Å². The zero-order chi connectivity index (χ0) is 14.9. The Morgan fingerprint density at radius 3 is 1.63 bits per heavy atom. The van der Waals surface area contributed by atoms with Crippen LogP contribution in [0.25, 0.3) is 0 Å². The average Bonchev–Trinajstić information content (AvgIpc) is 2.46. The molecule has 104 valence electrons. The molecule has 6 nitrogen and oxygen atoms in total. The number of esters is 2. The van der Waals surface area contributed by atoms with Gasteiger partial charge in [-0.1, -0.05) is 19.7 Å². The Balaban J connectivity index is 4.96. The van der Waals surface area contributed by atoms with Crippen LogP contribution in [0.2, 0.25) is 0 Å². The first-order valence-corrected chi connectivity index (χ1v) is 5.32. The van der Waals surface area contributed by atoms with Crippen molar-refractivity contribution < 1.29 is 29.0 Å². The van der Waals surface area contributed by atoms with Crippen molar-refractivity contribution in [1.82, 2.24) is 0 Å². The number of allylic oxidation sites excluding steroid dienone is 1. The highest BCUT2D eigenvalue weighted by Gasteiger charge is 2.39. The molecule has 0 aliphatic heterocycles. The number of hydrogen-bond acceptors (Lipinski definition) is 6. The van der Waals surface area contributed by atoms with Gasteiger partial charge in [0.15, 0.2) is 5.78 Å². The first kappa shape index (κ1) is 16.8. The van der Waals surface area contributed by atoms with Gasteiger partial charge in [-0.25, -0.2) is 9.59 Å². The van der Waals surface area contributed by atoms with Gasteiger partial charge in [0.05, 0.1) is 6.61 Å². The highest BCUT2D eigenvalue weighted by molar-refractivity contribution is 5.95. The van der Waals surface area contributed by atoms with E-state index in [-0.39, 0.29) is 0 Å². The Kier molecular flexibility index (Phi) is 7.06. The average molecular weight is 268 g/mol. The van der Waals surface area contributed by atoms with E-state index in [1.165, 1.54) is 0 Å². The number of aliphatic hydroxyl groups is 1. The molecule has 0 saturated carbocycles. The molecule has 0 bridgehead atoms. The smallest absolute Gasteiger partial charge is 0.330 e. The van der Waals surface area contributed by atoms with Crippen molar-refractivity contribution in [3.05, 3.63) is 38.0 Å². The highest BCUT2D eigenvalue weighted by Crippen LogP contribution is 2.20. The first-order valence-electron chi connectivity index (χ1n) is 5.32. The van der Waals surface area contributed by atoms with Gasteiger partial charge in [0, 0.05) is 12.2 Å². The molecule has 0 spiro atoms. The lowest BCUT2D eigenvalue weighted by molar-refractivity contribution is -0.154. The van der Waals surface area contributed by atoms with Crippen molar-refractivity contribution in [1.29, 1.82) is 0 Å². The van der Waals surface area contributed by atoms with Gasteiger partial charge in [0.1, 0.15) is 18.6 Å². The second-order valence-electron chi connectivity index (χ2n) is 3.63. The molecular weight excluding hydrogens is 252 g/mol. The Morgan fingerprint density at radius 2 is 1.37 bits per heavy atom. The molecular formula is C13H16O6. The van der Waals surface area contributed by atoms with Crippen LogP contribution in [-0.2, 0) is 23.9 Å². The largest absolute Gasteiger partial charge is 0.461 e. The molecule has 19 heavy (non-hydrogen) atoms. The maximum Gasteiger partial charge on any atom is 0.330 e. The van der Waals surface area contributed by atoms with Crippen molar-refractivity contribution in [3.8, 4) is 0 Å². The molecule has 0 aliphatic carbocycles. The van der Waals surface area contributed by atoms with Crippen LogP contribution in [0.4, 0.5) is 0 Å². The third-order valence-electron chi connectivity index (χ3n) is 2.33. The monoisotopic (exact) mass is 268 g/mol. The van der Waals surface area contributed by atoms with Crippen molar-refractivity contribution in [2.75, 3.05) is 19.8 Å². The number of carbonyl (C=O) groups excluding carboxylic acids is 3. The second-order valence-corrected chi connectivity index (χ2v) is 3.63. The van der Waals surface area contributed by atoms with Crippen LogP contribution < -0.4 is 0 Å². The van der Waals surface area contributed by atoms with Gasteiger partial charge in [0.2, 0.25) is 0 Å². The van der Waals surface area contributed by atoms with E-state index in [9.17, 15) is 19.5 Å². The number of hydrogen-bond donors (Lipinski definition) is 1. The lowest BCUT2D eigenvalue weighted by atomic mass is 9.86. The maximum atomic E-state index is 11.8. The molecule has 0 aromatic carbocycles. The predicted molar refractivity (Wildman–Crippen MR) is 67.0 cm³/mol. The summed E-state index contributed by atoms with van der Waals surface area (Å²) in [7, 11) is 0. The Morgan fingerprint density at radius 1 is 0.947 bits per heavy atom. The summed E-state index contributed by atoms with van der Waals surface area (Å²) >= 11 is 0. The van der Waals surface area contributed by atoms with Gasteiger partial charge in [0.25, 0.3) is 0 Å². The van der Waals surface area contributed by atoms with E-state index in [4.69, 9.17) is 9.47 Å². The summed E-state index contributed by atoms with van der Waals surface area (Å²) in [5.41, 5.74) is -1.57. The van der Waals surface area contributed by atoms with E-state index in [1.807, 2.05) is 0 Å². The van der Waals surface area contributed by atoms with E-state index in [2.05, 4.69) is 19.7 Å². The number of rotatable bonds is 9. The minimum atomic E-state index is -1.57. The third-order valence-corrected chi connectivity index (χ3v) is 2.33. The van der Waals surface area contributed by atoms with E-state index in [0.29, 0.717) is 0 Å². The van der Waals surface area contributed by atoms with Crippen LogP contribution >= 0.6 is 0 Å². The van der Waals surface area contributed by atoms with Crippen LogP contribution in [0, 0.1) is 5.41 Å². The minimum Gasteiger partial charge on any atom is -0.461 e. The Hall–Kier alpha value is -2.21. The highest BCUT2D eigenvalue weighted by atomic mass is 16.5. The van der Waals surface area contributed by atoms with Gasteiger partial charge >= 0.3 is 11.9 Å². The quantitative estimate of drug-likeness (QED) is 0.474. The second kappa shape index (κ2) is 7.99. The van der Waals surface area contributed by atoms with Gasteiger partial charge in [-0.3, -0.25) is 4.79 Å². The standard InChI is InChI=1S/C13H16O6/c1-4-10(15)13(7-14,8-18-11(16)5-2)9-19-12(17)6-3/h4-6,14H,1-3,7-9H2. The molecule has 0 aromatic rings. The zero-order valence-corrected chi connectivity index (χ0v) is 10.5. The molecule has 0 heterocycles. The molecule has 0 radical (unpaired) electrons. The molecule has 0 amide bonds. The molecule has 0 aliphatic rings. The molecule has 0 unspecified atom stereocenters. The minimum absolute atomic E-state index is 0.455. The van der Waals surface area contributed by atoms with E-state index in [1.54, 1.807) is 0 Å². The third kappa shape index (κ3) is 4.89. The zero-order valence-electron chi connectivity index (χ0n) is 10.5. The van der Waals surface area contributed by atoms with E-state index < -0.39 is 43.0 Å². The molecule has 0 fully saturated rings. The molecule has 0 saturated heterocycles. The summed E-state index contributed by atoms with van der Waals surface area (Å²) in [6.45, 7) is 8.10. The molecule has 1 N–H and O–H groups in total. The maximum absolute atomic E-state index is 11.8. The van der Waals surface area contributed by atoms with Crippen molar-refractivity contribution in [3.63, 3.8) is 0 Å². The molecule has 0 rings (SSSR count). The number of aliphatic hydroxyl groups excluding tert-OH is 1.